The predicted octanol–water partition coefficient (Wildman–Crippen LogP) is 2.89. The van der Waals surface area contributed by atoms with E-state index >= 15 is 0 Å². The van der Waals surface area contributed by atoms with Crippen LogP contribution in [0.5, 0.6) is 11.5 Å². The standard InChI is InChI=1S/C18H16O4/c1-20-15-9-6-13(7-10-15)4-5-14-8-11-16(18(19)22-3)17(12-14)21-2/h6-12H,1-3H3. The second-order valence-electron chi connectivity index (χ2n) is 4.39. The van der Waals surface area contributed by atoms with Gasteiger partial charge in [-0.25, -0.2) is 4.79 Å². The van der Waals surface area contributed by atoms with Gasteiger partial charge in [-0.1, -0.05) is 11.8 Å². The molecule has 0 unspecified atom stereocenters. The molecule has 2 rings (SSSR count). The first-order valence-corrected chi connectivity index (χ1v) is 6.60. The molecule has 0 saturated carbocycles. The summed E-state index contributed by atoms with van der Waals surface area (Å²) in [4.78, 5) is 11.6. The highest BCUT2D eigenvalue weighted by Crippen LogP contribution is 2.20. The Balaban J connectivity index is 2.26. The number of hydrogen-bond acceptors (Lipinski definition) is 4. The topological polar surface area (TPSA) is 44.8 Å². The van der Waals surface area contributed by atoms with Crippen molar-refractivity contribution >= 4 is 5.97 Å². The molecule has 0 aliphatic rings. The van der Waals surface area contributed by atoms with E-state index in [0.29, 0.717) is 11.3 Å². The van der Waals surface area contributed by atoms with Gasteiger partial charge in [0.25, 0.3) is 0 Å². The van der Waals surface area contributed by atoms with Gasteiger partial charge in [-0.15, -0.1) is 0 Å². The fraction of sp³-hybridized carbons (Fsp3) is 0.167. The maximum atomic E-state index is 11.6. The number of methoxy groups -OCH3 is 3. The van der Waals surface area contributed by atoms with Crippen LogP contribution < -0.4 is 9.47 Å². The Bertz CT molecular complexity index is 721. The molecular weight excluding hydrogens is 280 g/mol. The Kier molecular flexibility index (Phi) is 5.05. The molecule has 2 aromatic rings. The Labute approximate surface area is 129 Å². The second kappa shape index (κ2) is 7.19. The van der Waals surface area contributed by atoms with E-state index in [0.717, 1.165) is 16.9 Å². The van der Waals surface area contributed by atoms with E-state index in [-0.39, 0.29) is 0 Å². The molecule has 4 heteroatoms. The summed E-state index contributed by atoms with van der Waals surface area (Å²) in [5.41, 5.74) is 2.00. The van der Waals surface area contributed by atoms with E-state index in [4.69, 9.17) is 14.2 Å². The molecule has 0 amide bonds. The van der Waals surface area contributed by atoms with Crippen molar-refractivity contribution in [3.63, 3.8) is 0 Å². The minimum Gasteiger partial charge on any atom is -0.497 e. The maximum Gasteiger partial charge on any atom is 0.341 e. The molecule has 0 aromatic heterocycles. The number of rotatable bonds is 3. The number of carbonyl (C=O) groups excluding carboxylic acids is 1. The highest BCUT2D eigenvalue weighted by Gasteiger charge is 2.12. The Morgan fingerprint density at radius 3 is 2.09 bits per heavy atom. The minimum absolute atomic E-state index is 0.375. The van der Waals surface area contributed by atoms with Gasteiger partial charge in [0, 0.05) is 11.1 Å². The molecule has 22 heavy (non-hydrogen) atoms. The Morgan fingerprint density at radius 2 is 1.50 bits per heavy atom. The minimum atomic E-state index is -0.438. The molecule has 0 radical (unpaired) electrons. The lowest BCUT2D eigenvalue weighted by Gasteiger charge is -2.06. The number of carbonyl (C=O) groups is 1. The van der Waals surface area contributed by atoms with Crippen molar-refractivity contribution in [2.24, 2.45) is 0 Å². The first-order chi connectivity index (χ1) is 10.7. The second-order valence-corrected chi connectivity index (χ2v) is 4.39. The van der Waals surface area contributed by atoms with Crippen molar-refractivity contribution in [2.75, 3.05) is 21.3 Å². The predicted molar refractivity (Wildman–Crippen MR) is 83.3 cm³/mol. The molecule has 0 bridgehead atoms. The summed E-state index contributed by atoms with van der Waals surface area (Å²) < 4.78 is 15.0. The van der Waals surface area contributed by atoms with Crippen LogP contribution in [0.1, 0.15) is 21.5 Å². The molecule has 0 aliphatic carbocycles. The molecular formula is C18H16O4. The average molecular weight is 296 g/mol. The van der Waals surface area contributed by atoms with Gasteiger partial charge < -0.3 is 14.2 Å². The van der Waals surface area contributed by atoms with Gasteiger partial charge in [0.15, 0.2) is 0 Å². The first-order valence-electron chi connectivity index (χ1n) is 6.60. The molecule has 0 saturated heterocycles. The van der Waals surface area contributed by atoms with Crippen molar-refractivity contribution in [1.82, 2.24) is 0 Å². The van der Waals surface area contributed by atoms with Crippen LogP contribution in [-0.4, -0.2) is 27.3 Å². The monoisotopic (exact) mass is 296 g/mol. The SMILES string of the molecule is COC(=O)c1ccc(C#Cc2ccc(OC)cc2)cc1OC. The molecule has 112 valence electrons. The third kappa shape index (κ3) is 3.58. The summed E-state index contributed by atoms with van der Waals surface area (Å²) in [6, 6.07) is 12.6. The molecule has 0 spiro atoms. The highest BCUT2D eigenvalue weighted by atomic mass is 16.5. The van der Waals surface area contributed by atoms with E-state index in [1.54, 1.807) is 25.3 Å². The van der Waals surface area contributed by atoms with Crippen LogP contribution in [0.15, 0.2) is 42.5 Å². The van der Waals surface area contributed by atoms with E-state index in [9.17, 15) is 4.79 Å². The van der Waals surface area contributed by atoms with Crippen LogP contribution >= 0.6 is 0 Å². The number of ether oxygens (including phenoxy) is 3. The summed E-state index contributed by atoms with van der Waals surface area (Å²) in [5.74, 6) is 6.87. The fourth-order valence-corrected chi connectivity index (χ4v) is 1.87. The van der Waals surface area contributed by atoms with Gasteiger partial charge in [0.05, 0.1) is 21.3 Å². The van der Waals surface area contributed by atoms with Crippen LogP contribution in [0.4, 0.5) is 0 Å². The van der Waals surface area contributed by atoms with E-state index in [1.165, 1.54) is 14.2 Å². The van der Waals surface area contributed by atoms with Crippen LogP contribution in [0, 0.1) is 11.8 Å². The van der Waals surface area contributed by atoms with Gasteiger partial charge >= 0.3 is 5.97 Å². The lowest BCUT2D eigenvalue weighted by molar-refractivity contribution is 0.0597. The average Bonchev–Trinajstić information content (AvgIpc) is 2.59. The largest absolute Gasteiger partial charge is 0.497 e. The zero-order valence-electron chi connectivity index (χ0n) is 12.7. The third-order valence-electron chi connectivity index (χ3n) is 3.05. The number of esters is 1. The van der Waals surface area contributed by atoms with Crippen molar-refractivity contribution < 1.29 is 19.0 Å². The maximum absolute atomic E-state index is 11.6. The summed E-state index contributed by atoms with van der Waals surface area (Å²) in [6.45, 7) is 0. The van der Waals surface area contributed by atoms with Crippen molar-refractivity contribution in [2.45, 2.75) is 0 Å². The van der Waals surface area contributed by atoms with E-state index in [2.05, 4.69) is 11.8 Å². The van der Waals surface area contributed by atoms with Crippen molar-refractivity contribution in [3.8, 4) is 23.3 Å². The smallest absolute Gasteiger partial charge is 0.341 e. The van der Waals surface area contributed by atoms with Gasteiger partial charge in [0.2, 0.25) is 0 Å². The van der Waals surface area contributed by atoms with Gasteiger partial charge in [0.1, 0.15) is 17.1 Å². The van der Waals surface area contributed by atoms with Gasteiger partial charge in [-0.05, 0) is 42.5 Å². The lowest BCUT2D eigenvalue weighted by atomic mass is 10.1. The van der Waals surface area contributed by atoms with Crippen molar-refractivity contribution in [1.29, 1.82) is 0 Å². The summed E-state index contributed by atoms with van der Waals surface area (Å²) in [7, 11) is 4.46. The van der Waals surface area contributed by atoms with Crippen LogP contribution in [0.25, 0.3) is 0 Å². The zero-order chi connectivity index (χ0) is 15.9. The molecule has 0 heterocycles. The Morgan fingerprint density at radius 1 is 0.864 bits per heavy atom. The first kappa shape index (κ1) is 15.5. The van der Waals surface area contributed by atoms with E-state index < -0.39 is 5.97 Å². The molecule has 4 nitrogen and oxygen atoms in total. The zero-order valence-corrected chi connectivity index (χ0v) is 12.7. The van der Waals surface area contributed by atoms with Gasteiger partial charge in [-0.2, -0.15) is 0 Å². The van der Waals surface area contributed by atoms with Crippen LogP contribution in [-0.2, 0) is 4.74 Å². The van der Waals surface area contributed by atoms with Crippen LogP contribution in [0.3, 0.4) is 0 Å². The molecule has 0 N–H and O–H groups in total. The molecule has 0 atom stereocenters. The van der Waals surface area contributed by atoms with Crippen LogP contribution in [0.2, 0.25) is 0 Å². The fourth-order valence-electron chi connectivity index (χ4n) is 1.87. The number of hydrogen-bond donors (Lipinski definition) is 0. The molecule has 0 fully saturated rings. The normalized spacial score (nSPS) is 9.41. The summed E-state index contributed by atoms with van der Waals surface area (Å²) in [5, 5.41) is 0. The highest BCUT2D eigenvalue weighted by molar-refractivity contribution is 5.92. The van der Waals surface area contributed by atoms with Crippen molar-refractivity contribution in [3.05, 3.63) is 59.2 Å². The third-order valence-corrected chi connectivity index (χ3v) is 3.05. The molecule has 2 aromatic carbocycles. The Hall–Kier alpha value is -2.93. The number of benzene rings is 2. The van der Waals surface area contributed by atoms with Gasteiger partial charge in [-0.3, -0.25) is 0 Å². The van der Waals surface area contributed by atoms with E-state index in [1.807, 2.05) is 24.3 Å². The summed E-state index contributed by atoms with van der Waals surface area (Å²) >= 11 is 0. The lowest BCUT2D eigenvalue weighted by Crippen LogP contribution is -2.04. The summed E-state index contributed by atoms with van der Waals surface area (Å²) in [6.07, 6.45) is 0. The quantitative estimate of drug-likeness (QED) is 0.645. The molecule has 0 aliphatic heterocycles.